The Labute approximate surface area is 165 Å². The van der Waals surface area contributed by atoms with Crippen molar-refractivity contribution < 1.29 is 23.9 Å². The van der Waals surface area contributed by atoms with Crippen LogP contribution in [0.3, 0.4) is 0 Å². The zero-order valence-corrected chi connectivity index (χ0v) is 15.7. The third kappa shape index (κ3) is 4.69. The van der Waals surface area contributed by atoms with Gasteiger partial charge in [-0.1, -0.05) is 0 Å². The SMILES string of the molecule is CCn1ncc(NC(=O)CCn2nccc2C(=O)O)c1C(=O)NCc1ccco1. The van der Waals surface area contributed by atoms with Crippen LogP contribution >= 0.6 is 0 Å². The van der Waals surface area contributed by atoms with Gasteiger partial charge < -0.3 is 20.2 Å². The fourth-order valence-electron chi connectivity index (χ4n) is 2.73. The van der Waals surface area contributed by atoms with Crippen molar-refractivity contribution in [3.8, 4) is 0 Å². The Hall–Kier alpha value is -3.89. The van der Waals surface area contributed by atoms with Crippen molar-refractivity contribution in [1.29, 1.82) is 0 Å². The second-order valence-corrected chi connectivity index (χ2v) is 6.03. The van der Waals surface area contributed by atoms with Gasteiger partial charge in [-0.05, 0) is 25.1 Å². The number of carboxylic acid groups (broad SMARTS) is 1. The summed E-state index contributed by atoms with van der Waals surface area (Å²) in [5, 5.41) is 22.5. The van der Waals surface area contributed by atoms with Gasteiger partial charge in [0.05, 0.1) is 31.2 Å². The van der Waals surface area contributed by atoms with Crippen molar-refractivity contribution in [3.63, 3.8) is 0 Å². The highest BCUT2D eigenvalue weighted by molar-refractivity contribution is 6.02. The molecule has 0 fully saturated rings. The third-order valence-corrected chi connectivity index (χ3v) is 4.12. The number of hydrogen-bond acceptors (Lipinski definition) is 6. The molecule has 11 nitrogen and oxygen atoms in total. The first-order chi connectivity index (χ1) is 14.0. The van der Waals surface area contributed by atoms with Crippen molar-refractivity contribution in [2.24, 2.45) is 0 Å². The van der Waals surface area contributed by atoms with Gasteiger partial charge in [0.1, 0.15) is 17.1 Å². The molecule has 3 N–H and O–H groups in total. The first-order valence-corrected chi connectivity index (χ1v) is 8.91. The molecule has 3 aromatic heterocycles. The van der Waals surface area contributed by atoms with E-state index in [2.05, 4.69) is 20.8 Å². The molecule has 11 heteroatoms. The van der Waals surface area contributed by atoms with Crippen LogP contribution in [-0.4, -0.2) is 42.5 Å². The third-order valence-electron chi connectivity index (χ3n) is 4.12. The Morgan fingerprint density at radius 2 is 2.03 bits per heavy atom. The minimum Gasteiger partial charge on any atom is -0.477 e. The Morgan fingerprint density at radius 1 is 1.21 bits per heavy atom. The minimum absolute atomic E-state index is 0.00500. The van der Waals surface area contributed by atoms with E-state index in [-0.39, 0.29) is 36.6 Å². The molecule has 0 aromatic carbocycles. The molecule has 3 heterocycles. The van der Waals surface area contributed by atoms with Crippen molar-refractivity contribution in [3.05, 3.63) is 54.0 Å². The summed E-state index contributed by atoms with van der Waals surface area (Å²) >= 11 is 0. The number of aromatic carboxylic acids is 1. The van der Waals surface area contributed by atoms with Gasteiger partial charge in [0.2, 0.25) is 5.91 Å². The lowest BCUT2D eigenvalue weighted by Gasteiger charge is -2.10. The molecule has 0 saturated carbocycles. The molecular weight excluding hydrogens is 380 g/mol. The first kappa shape index (κ1) is 19.9. The molecule has 0 bridgehead atoms. The van der Waals surface area contributed by atoms with Gasteiger partial charge in [-0.15, -0.1) is 0 Å². The smallest absolute Gasteiger partial charge is 0.354 e. The number of anilines is 1. The predicted molar refractivity (Wildman–Crippen MR) is 100 cm³/mol. The molecule has 29 heavy (non-hydrogen) atoms. The number of amides is 2. The van der Waals surface area contributed by atoms with Gasteiger partial charge in [-0.2, -0.15) is 10.2 Å². The molecule has 0 aliphatic carbocycles. The van der Waals surface area contributed by atoms with E-state index in [1.807, 2.05) is 6.92 Å². The topological polar surface area (TPSA) is 144 Å². The first-order valence-electron chi connectivity index (χ1n) is 8.91. The summed E-state index contributed by atoms with van der Waals surface area (Å²) in [5.74, 6) is -1.33. The average Bonchev–Trinajstić information content (AvgIpc) is 3.44. The highest BCUT2D eigenvalue weighted by atomic mass is 16.4. The Bertz CT molecular complexity index is 1000. The standard InChI is InChI=1S/C18H20N6O5/c1-2-23-16(17(26)19-10-12-4-3-9-29-12)13(11-21-23)22-15(25)6-8-24-14(18(27)28)5-7-20-24/h3-5,7,9,11H,2,6,8,10H2,1H3,(H,19,26)(H,22,25)(H,27,28). The van der Waals surface area contributed by atoms with Gasteiger partial charge in [0.25, 0.3) is 5.91 Å². The number of rotatable bonds is 9. The highest BCUT2D eigenvalue weighted by Crippen LogP contribution is 2.16. The Morgan fingerprint density at radius 3 is 2.72 bits per heavy atom. The van der Waals surface area contributed by atoms with Gasteiger partial charge >= 0.3 is 5.97 Å². The number of furan rings is 1. The number of aromatic nitrogens is 4. The zero-order chi connectivity index (χ0) is 20.8. The molecule has 152 valence electrons. The van der Waals surface area contributed by atoms with Crippen LogP contribution in [0.4, 0.5) is 5.69 Å². The molecule has 2 amide bonds. The molecule has 3 rings (SSSR count). The van der Waals surface area contributed by atoms with Gasteiger partial charge in [-0.3, -0.25) is 19.0 Å². The summed E-state index contributed by atoms with van der Waals surface area (Å²) in [5.41, 5.74) is 0.486. The van der Waals surface area contributed by atoms with Crippen LogP contribution in [0, 0.1) is 0 Å². The molecule has 0 radical (unpaired) electrons. The highest BCUT2D eigenvalue weighted by Gasteiger charge is 2.20. The number of hydrogen-bond donors (Lipinski definition) is 3. The average molecular weight is 400 g/mol. The molecule has 0 aliphatic rings. The number of carbonyl (C=O) groups is 3. The molecule has 0 aliphatic heterocycles. The summed E-state index contributed by atoms with van der Waals surface area (Å²) in [6.45, 7) is 2.55. The maximum absolute atomic E-state index is 12.6. The summed E-state index contributed by atoms with van der Waals surface area (Å²) in [6, 6.07) is 4.81. The van der Waals surface area contributed by atoms with Crippen molar-refractivity contribution in [1.82, 2.24) is 24.9 Å². The van der Waals surface area contributed by atoms with Crippen molar-refractivity contribution >= 4 is 23.5 Å². The van der Waals surface area contributed by atoms with E-state index in [0.29, 0.717) is 12.3 Å². The van der Waals surface area contributed by atoms with Crippen molar-refractivity contribution in [2.75, 3.05) is 5.32 Å². The van der Waals surface area contributed by atoms with E-state index in [1.54, 1.807) is 12.1 Å². The fourth-order valence-corrected chi connectivity index (χ4v) is 2.73. The largest absolute Gasteiger partial charge is 0.477 e. The molecule has 0 saturated heterocycles. The van der Waals surface area contributed by atoms with Gasteiger partial charge in [0.15, 0.2) is 0 Å². The normalized spacial score (nSPS) is 10.7. The molecule has 0 unspecified atom stereocenters. The van der Waals surface area contributed by atoms with Crippen LogP contribution < -0.4 is 10.6 Å². The lowest BCUT2D eigenvalue weighted by atomic mass is 10.3. The van der Waals surface area contributed by atoms with Gasteiger partial charge in [0, 0.05) is 19.2 Å². The summed E-state index contributed by atoms with van der Waals surface area (Å²) in [4.78, 5) is 36.0. The van der Waals surface area contributed by atoms with Crippen LogP contribution in [0.1, 0.15) is 40.1 Å². The predicted octanol–water partition coefficient (Wildman–Crippen LogP) is 1.35. The number of carbonyl (C=O) groups excluding carboxylic acids is 2. The summed E-state index contributed by atoms with van der Waals surface area (Å²) < 4.78 is 7.90. The minimum atomic E-state index is -1.12. The number of nitrogens with one attached hydrogen (secondary N) is 2. The monoisotopic (exact) mass is 400 g/mol. The number of carboxylic acids is 1. The Kier molecular flexibility index (Phi) is 6.07. The molecule has 3 aromatic rings. The van der Waals surface area contributed by atoms with Crippen LogP contribution in [0.5, 0.6) is 0 Å². The van der Waals surface area contributed by atoms with E-state index >= 15 is 0 Å². The van der Waals surface area contributed by atoms with E-state index in [1.165, 1.54) is 34.1 Å². The van der Waals surface area contributed by atoms with E-state index in [0.717, 1.165) is 0 Å². The van der Waals surface area contributed by atoms with Crippen LogP contribution in [0.15, 0.2) is 41.3 Å². The second-order valence-electron chi connectivity index (χ2n) is 6.03. The number of nitrogens with zero attached hydrogens (tertiary/aromatic N) is 4. The number of aryl methyl sites for hydroxylation is 2. The van der Waals surface area contributed by atoms with Crippen molar-refractivity contribution in [2.45, 2.75) is 33.0 Å². The summed E-state index contributed by atoms with van der Waals surface area (Å²) in [7, 11) is 0. The lowest BCUT2D eigenvalue weighted by Crippen LogP contribution is -2.27. The van der Waals surface area contributed by atoms with E-state index in [9.17, 15) is 14.4 Å². The quantitative estimate of drug-likeness (QED) is 0.492. The van der Waals surface area contributed by atoms with Crippen LogP contribution in [0.25, 0.3) is 0 Å². The zero-order valence-electron chi connectivity index (χ0n) is 15.7. The van der Waals surface area contributed by atoms with Crippen LogP contribution in [-0.2, 0) is 24.4 Å². The molecule has 0 atom stereocenters. The maximum Gasteiger partial charge on any atom is 0.354 e. The lowest BCUT2D eigenvalue weighted by molar-refractivity contribution is -0.116. The summed E-state index contributed by atoms with van der Waals surface area (Å²) in [6.07, 6.45) is 4.25. The fraction of sp³-hybridized carbons (Fsp3) is 0.278. The van der Waals surface area contributed by atoms with E-state index < -0.39 is 17.8 Å². The second kappa shape index (κ2) is 8.87. The van der Waals surface area contributed by atoms with E-state index in [4.69, 9.17) is 9.52 Å². The Balaban J connectivity index is 1.64. The molecule has 0 spiro atoms. The van der Waals surface area contributed by atoms with Gasteiger partial charge in [-0.25, -0.2) is 4.79 Å². The van der Waals surface area contributed by atoms with Crippen LogP contribution in [0.2, 0.25) is 0 Å². The maximum atomic E-state index is 12.6. The molecular formula is C18H20N6O5.